The van der Waals surface area contributed by atoms with Gasteiger partial charge in [-0.15, -0.1) is 0 Å². The van der Waals surface area contributed by atoms with E-state index in [4.69, 9.17) is 4.42 Å². The van der Waals surface area contributed by atoms with E-state index in [-0.39, 0.29) is 30.1 Å². The zero-order valence-corrected chi connectivity index (χ0v) is 17.9. The fourth-order valence-corrected chi connectivity index (χ4v) is 3.35. The van der Waals surface area contributed by atoms with Gasteiger partial charge in [0.2, 0.25) is 5.91 Å². The molecule has 33 heavy (non-hydrogen) atoms. The molecule has 0 bridgehead atoms. The summed E-state index contributed by atoms with van der Waals surface area (Å²) >= 11 is 0. The third-order valence-electron chi connectivity index (χ3n) is 5.07. The number of nitrogens with zero attached hydrogens (tertiary/aromatic N) is 1. The highest BCUT2D eigenvalue weighted by Gasteiger charge is 2.13. The maximum absolute atomic E-state index is 13.9. The molecule has 7 heteroatoms. The number of aromatic nitrogens is 1. The summed E-state index contributed by atoms with van der Waals surface area (Å²) < 4.78 is 32.5. The summed E-state index contributed by atoms with van der Waals surface area (Å²) in [5.41, 5.74) is 3.06. The number of hydrogen-bond acceptors (Lipinski definition) is 4. The van der Waals surface area contributed by atoms with Gasteiger partial charge in [0, 0.05) is 36.8 Å². The molecule has 0 radical (unpaired) electrons. The molecular weight excluding hydrogens is 424 g/mol. The van der Waals surface area contributed by atoms with Crippen LogP contribution in [-0.4, -0.2) is 17.4 Å². The first-order valence-electron chi connectivity index (χ1n) is 10.6. The van der Waals surface area contributed by atoms with Crippen molar-refractivity contribution in [2.24, 2.45) is 0 Å². The van der Waals surface area contributed by atoms with Gasteiger partial charge in [-0.3, -0.25) is 4.79 Å². The third-order valence-corrected chi connectivity index (χ3v) is 5.07. The molecule has 4 rings (SSSR count). The van der Waals surface area contributed by atoms with Crippen LogP contribution in [0.1, 0.15) is 17.9 Å². The van der Waals surface area contributed by atoms with Gasteiger partial charge in [-0.05, 0) is 48.4 Å². The highest BCUT2D eigenvalue weighted by atomic mass is 19.1. The number of hydrogen-bond donors (Lipinski definition) is 2. The molecule has 0 saturated heterocycles. The lowest BCUT2D eigenvalue weighted by Crippen LogP contribution is -2.12. The standard InChI is InChI=1S/C26H23F2N3O2/c27-19-6-11-22(23(28)16-19)24-17-30-26(33-24)13-12-25(32)31-21-9-7-20(8-10-21)29-15-14-18-4-2-1-3-5-18/h1-11,16-17,29H,12-15H2,(H,31,32). The summed E-state index contributed by atoms with van der Waals surface area (Å²) in [7, 11) is 0. The maximum atomic E-state index is 13.9. The number of aryl methyl sites for hydroxylation is 1. The quantitative estimate of drug-likeness (QED) is 0.338. The first kappa shape index (κ1) is 22.2. The van der Waals surface area contributed by atoms with Crippen LogP contribution < -0.4 is 10.6 Å². The average Bonchev–Trinajstić information content (AvgIpc) is 3.28. The van der Waals surface area contributed by atoms with Gasteiger partial charge >= 0.3 is 0 Å². The summed E-state index contributed by atoms with van der Waals surface area (Å²) in [4.78, 5) is 16.4. The number of oxazole rings is 1. The molecule has 0 spiro atoms. The van der Waals surface area contributed by atoms with E-state index in [9.17, 15) is 13.6 Å². The SMILES string of the molecule is O=C(CCc1ncc(-c2ccc(F)cc2F)o1)Nc1ccc(NCCc2ccccc2)cc1. The van der Waals surface area contributed by atoms with Gasteiger partial charge < -0.3 is 15.1 Å². The van der Waals surface area contributed by atoms with Crippen molar-refractivity contribution >= 4 is 17.3 Å². The van der Waals surface area contributed by atoms with Crippen LogP contribution in [0.15, 0.2) is 83.4 Å². The molecule has 2 N–H and O–H groups in total. The molecule has 3 aromatic carbocycles. The van der Waals surface area contributed by atoms with E-state index in [0.29, 0.717) is 11.6 Å². The van der Waals surface area contributed by atoms with Crippen LogP contribution in [0, 0.1) is 11.6 Å². The second kappa shape index (κ2) is 10.5. The molecule has 1 heterocycles. The van der Waals surface area contributed by atoms with E-state index in [1.807, 2.05) is 42.5 Å². The number of anilines is 2. The number of halogens is 2. The van der Waals surface area contributed by atoms with Crippen molar-refractivity contribution < 1.29 is 18.0 Å². The Hall–Kier alpha value is -4.00. The van der Waals surface area contributed by atoms with Gasteiger partial charge in [0.1, 0.15) is 11.6 Å². The summed E-state index contributed by atoms with van der Waals surface area (Å²) in [6, 6.07) is 21.0. The summed E-state index contributed by atoms with van der Waals surface area (Å²) in [6.07, 6.45) is 2.71. The Morgan fingerprint density at radius 3 is 2.42 bits per heavy atom. The van der Waals surface area contributed by atoms with Crippen molar-refractivity contribution in [3.63, 3.8) is 0 Å². The molecule has 0 unspecified atom stereocenters. The van der Waals surface area contributed by atoms with Crippen molar-refractivity contribution in [1.82, 2.24) is 4.98 Å². The second-order valence-corrected chi connectivity index (χ2v) is 7.53. The molecule has 0 saturated carbocycles. The first-order chi connectivity index (χ1) is 16.1. The van der Waals surface area contributed by atoms with Crippen LogP contribution in [-0.2, 0) is 17.6 Å². The fourth-order valence-electron chi connectivity index (χ4n) is 3.35. The van der Waals surface area contributed by atoms with Gasteiger partial charge in [0.05, 0.1) is 11.8 Å². The summed E-state index contributed by atoms with van der Waals surface area (Å²) in [5.74, 6) is -1.08. The predicted molar refractivity (Wildman–Crippen MR) is 124 cm³/mol. The predicted octanol–water partition coefficient (Wildman–Crippen LogP) is 5.85. The van der Waals surface area contributed by atoms with Crippen LogP contribution in [0.3, 0.4) is 0 Å². The normalized spacial score (nSPS) is 10.7. The van der Waals surface area contributed by atoms with Crippen LogP contribution in [0.5, 0.6) is 0 Å². The van der Waals surface area contributed by atoms with Gasteiger partial charge in [0.25, 0.3) is 0 Å². The van der Waals surface area contributed by atoms with Crippen molar-refractivity contribution in [3.8, 4) is 11.3 Å². The lowest BCUT2D eigenvalue weighted by molar-refractivity contribution is -0.116. The number of carbonyl (C=O) groups excluding carboxylic acids is 1. The number of carbonyl (C=O) groups is 1. The lowest BCUT2D eigenvalue weighted by atomic mass is 10.1. The molecule has 1 aromatic heterocycles. The molecule has 0 atom stereocenters. The zero-order chi connectivity index (χ0) is 23.0. The van der Waals surface area contributed by atoms with E-state index in [0.717, 1.165) is 30.8 Å². The monoisotopic (exact) mass is 447 g/mol. The van der Waals surface area contributed by atoms with Gasteiger partial charge in [-0.1, -0.05) is 30.3 Å². The minimum Gasteiger partial charge on any atom is -0.441 e. The number of nitrogens with one attached hydrogen (secondary N) is 2. The van der Waals surface area contributed by atoms with E-state index in [2.05, 4.69) is 27.8 Å². The van der Waals surface area contributed by atoms with Crippen molar-refractivity contribution in [2.45, 2.75) is 19.3 Å². The van der Waals surface area contributed by atoms with Crippen LogP contribution in [0.2, 0.25) is 0 Å². The highest BCUT2D eigenvalue weighted by molar-refractivity contribution is 5.90. The molecule has 4 aromatic rings. The van der Waals surface area contributed by atoms with E-state index < -0.39 is 11.6 Å². The highest BCUT2D eigenvalue weighted by Crippen LogP contribution is 2.24. The molecule has 0 aliphatic rings. The minimum absolute atomic E-state index is 0.122. The van der Waals surface area contributed by atoms with E-state index in [1.54, 1.807) is 0 Å². The van der Waals surface area contributed by atoms with E-state index in [1.165, 1.54) is 17.8 Å². The molecule has 1 amide bonds. The molecule has 168 valence electrons. The van der Waals surface area contributed by atoms with Crippen LogP contribution >= 0.6 is 0 Å². The zero-order valence-electron chi connectivity index (χ0n) is 17.9. The lowest BCUT2D eigenvalue weighted by Gasteiger charge is -2.09. The summed E-state index contributed by atoms with van der Waals surface area (Å²) in [6.45, 7) is 0.815. The Labute approximate surface area is 190 Å². The van der Waals surface area contributed by atoms with E-state index >= 15 is 0 Å². The molecule has 0 aliphatic heterocycles. The third kappa shape index (κ3) is 6.26. The average molecular weight is 447 g/mol. The minimum atomic E-state index is -0.728. The molecule has 0 fully saturated rings. The van der Waals surface area contributed by atoms with Crippen LogP contribution in [0.4, 0.5) is 20.2 Å². The number of rotatable bonds is 9. The smallest absolute Gasteiger partial charge is 0.224 e. The Kier molecular flexibility index (Phi) is 7.09. The Morgan fingerprint density at radius 2 is 1.67 bits per heavy atom. The Morgan fingerprint density at radius 1 is 0.909 bits per heavy atom. The summed E-state index contributed by atoms with van der Waals surface area (Å²) in [5, 5.41) is 6.20. The number of benzene rings is 3. The van der Waals surface area contributed by atoms with Gasteiger partial charge in [-0.25, -0.2) is 13.8 Å². The topological polar surface area (TPSA) is 67.2 Å². The fraction of sp³-hybridized carbons (Fsp3) is 0.154. The molecular formula is C26H23F2N3O2. The number of amides is 1. The Balaban J connectivity index is 1.23. The van der Waals surface area contributed by atoms with Crippen LogP contribution in [0.25, 0.3) is 11.3 Å². The molecule has 0 aliphatic carbocycles. The maximum Gasteiger partial charge on any atom is 0.224 e. The largest absolute Gasteiger partial charge is 0.441 e. The van der Waals surface area contributed by atoms with Crippen molar-refractivity contribution in [3.05, 3.63) is 102 Å². The van der Waals surface area contributed by atoms with Crippen molar-refractivity contribution in [1.29, 1.82) is 0 Å². The Bertz CT molecular complexity index is 1210. The van der Waals surface area contributed by atoms with Crippen molar-refractivity contribution in [2.75, 3.05) is 17.2 Å². The first-order valence-corrected chi connectivity index (χ1v) is 10.6. The molecule has 5 nitrogen and oxygen atoms in total. The van der Waals surface area contributed by atoms with Gasteiger partial charge in [0.15, 0.2) is 11.7 Å². The van der Waals surface area contributed by atoms with Gasteiger partial charge in [-0.2, -0.15) is 0 Å². The second-order valence-electron chi connectivity index (χ2n) is 7.53.